The average Bonchev–Trinajstić information content (AvgIpc) is 2.60. The van der Waals surface area contributed by atoms with Gasteiger partial charge < -0.3 is 13.9 Å². The van der Waals surface area contributed by atoms with Gasteiger partial charge in [0, 0.05) is 12.5 Å². The van der Waals surface area contributed by atoms with E-state index < -0.39 is 14.1 Å². The fourth-order valence-electron chi connectivity index (χ4n) is 2.31. The molecule has 0 aliphatic carbocycles. The molecule has 0 radical (unpaired) electrons. The second-order valence-electron chi connectivity index (χ2n) is 8.10. The van der Waals surface area contributed by atoms with Crippen molar-refractivity contribution in [2.45, 2.75) is 91.0 Å². The van der Waals surface area contributed by atoms with E-state index in [9.17, 15) is 0 Å². The summed E-state index contributed by atoms with van der Waals surface area (Å²) >= 11 is 0. The predicted octanol–water partition coefficient (Wildman–Crippen LogP) is 4.57. The highest BCUT2D eigenvalue weighted by atomic mass is 28.4. The van der Waals surface area contributed by atoms with Gasteiger partial charge in [-0.2, -0.15) is 0 Å². The van der Waals surface area contributed by atoms with Crippen LogP contribution in [-0.2, 0) is 13.9 Å². The summed E-state index contributed by atoms with van der Waals surface area (Å²) < 4.78 is 18.4. The Hall–Kier alpha value is 0.0969. The first-order chi connectivity index (χ1) is 8.89. The Morgan fingerprint density at radius 3 is 2.20 bits per heavy atom. The molecule has 120 valence electrons. The molecule has 0 N–H and O–H groups in total. The van der Waals surface area contributed by atoms with Gasteiger partial charge in [0.2, 0.25) is 0 Å². The predicted molar refractivity (Wildman–Crippen MR) is 86.4 cm³/mol. The van der Waals surface area contributed by atoms with Crippen molar-refractivity contribution in [3.8, 4) is 0 Å². The molecular formula is C16H34O3Si. The molecule has 0 aromatic carbocycles. The minimum absolute atomic E-state index is 0.139. The second-order valence-corrected chi connectivity index (χ2v) is 12.9. The van der Waals surface area contributed by atoms with Gasteiger partial charge in [0.1, 0.15) is 0 Å². The molecule has 1 saturated heterocycles. The Kier molecular flexibility index (Phi) is 5.51. The lowest BCUT2D eigenvalue weighted by molar-refractivity contribution is -0.151. The summed E-state index contributed by atoms with van der Waals surface area (Å²) in [6, 6.07) is 0. The van der Waals surface area contributed by atoms with E-state index in [1.165, 1.54) is 0 Å². The van der Waals surface area contributed by atoms with Crippen LogP contribution in [0.4, 0.5) is 0 Å². The van der Waals surface area contributed by atoms with Crippen molar-refractivity contribution in [1.82, 2.24) is 0 Å². The van der Waals surface area contributed by atoms with Crippen molar-refractivity contribution in [2.75, 3.05) is 6.61 Å². The number of ether oxygens (including phenoxy) is 2. The minimum Gasteiger partial charge on any atom is -0.416 e. The second kappa shape index (κ2) is 6.07. The monoisotopic (exact) mass is 302 g/mol. The molecule has 0 bridgehead atoms. The minimum atomic E-state index is -1.68. The van der Waals surface area contributed by atoms with Crippen LogP contribution in [-0.4, -0.2) is 32.9 Å². The van der Waals surface area contributed by atoms with E-state index in [0.717, 1.165) is 13.0 Å². The van der Waals surface area contributed by atoms with Crippen LogP contribution in [0.2, 0.25) is 18.1 Å². The van der Waals surface area contributed by atoms with Gasteiger partial charge in [-0.1, -0.05) is 34.6 Å². The van der Waals surface area contributed by atoms with Crippen molar-refractivity contribution < 1.29 is 13.9 Å². The number of hydrogen-bond donors (Lipinski definition) is 0. The quantitative estimate of drug-likeness (QED) is 0.696. The Labute approximate surface area is 126 Å². The van der Waals surface area contributed by atoms with E-state index in [4.69, 9.17) is 13.9 Å². The van der Waals surface area contributed by atoms with E-state index in [1.807, 2.05) is 13.8 Å². The largest absolute Gasteiger partial charge is 0.416 e. The van der Waals surface area contributed by atoms with Crippen molar-refractivity contribution in [3.05, 3.63) is 0 Å². The fourth-order valence-corrected chi connectivity index (χ4v) is 3.42. The third kappa shape index (κ3) is 4.29. The van der Waals surface area contributed by atoms with Crippen LogP contribution < -0.4 is 0 Å². The zero-order chi connectivity index (χ0) is 15.8. The maximum absolute atomic E-state index is 6.33. The van der Waals surface area contributed by atoms with E-state index in [2.05, 4.69) is 47.7 Å². The molecular weight excluding hydrogens is 268 g/mol. The van der Waals surface area contributed by atoms with Crippen molar-refractivity contribution in [1.29, 1.82) is 0 Å². The van der Waals surface area contributed by atoms with Gasteiger partial charge in [0.15, 0.2) is 14.1 Å². The molecule has 1 aliphatic heterocycles. The van der Waals surface area contributed by atoms with Gasteiger partial charge in [-0.25, -0.2) is 0 Å². The molecule has 0 amide bonds. The van der Waals surface area contributed by atoms with Crippen LogP contribution in [0, 0.1) is 5.92 Å². The third-order valence-corrected chi connectivity index (χ3v) is 9.20. The molecule has 0 spiro atoms. The number of hydrogen-bond acceptors (Lipinski definition) is 3. The first-order valence-electron chi connectivity index (χ1n) is 7.89. The van der Waals surface area contributed by atoms with Gasteiger partial charge in [-0.15, -0.1) is 0 Å². The number of rotatable bonds is 5. The molecule has 3 atom stereocenters. The molecule has 0 saturated carbocycles. The van der Waals surface area contributed by atoms with Gasteiger partial charge >= 0.3 is 0 Å². The maximum Gasteiger partial charge on any atom is 0.191 e. The average molecular weight is 303 g/mol. The summed E-state index contributed by atoms with van der Waals surface area (Å²) in [5, 5.41) is 0.253. The van der Waals surface area contributed by atoms with E-state index in [-0.39, 0.29) is 17.2 Å². The van der Waals surface area contributed by atoms with Gasteiger partial charge in [-0.3, -0.25) is 0 Å². The summed E-state index contributed by atoms with van der Waals surface area (Å²) in [6.07, 6.45) is 1.31. The first kappa shape index (κ1) is 18.1. The summed E-state index contributed by atoms with van der Waals surface area (Å²) in [7, 11) is -1.68. The SMILES string of the molecule is CC[C@H]1OC(C)(C)O[C@H]1[C@@H](C)CO[Si](C)(C)C(C)(C)C. The lowest BCUT2D eigenvalue weighted by atomic mass is 9.99. The van der Waals surface area contributed by atoms with Crippen LogP contribution in [0.5, 0.6) is 0 Å². The molecule has 0 aromatic heterocycles. The molecule has 1 aliphatic rings. The Balaban J connectivity index is 2.61. The molecule has 3 nitrogen and oxygen atoms in total. The fraction of sp³-hybridized carbons (Fsp3) is 1.00. The molecule has 0 aromatic rings. The topological polar surface area (TPSA) is 27.7 Å². The van der Waals surface area contributed by atoms with E-state index in [1.54, 1.807) is 0 Å². The highest BCUT2D eigenvalue weighted by Gasteiger charge is 2.44. The molecule has 20 heavy (non-hydrogen) atoms. The molecule has 1 rings (SSSR count). The molecule has 1 heterocycles. The third-order valence-electron chi connectivity index (χ3n) is 4.70. The zero-order valence-electron chi connectivity index (χ0n) is 14.9. The summed E-state index contributed by atoms with van der Waals surface area (Å²) in [5.74, 6) is -0.104. The normalized spacial score (nSPS) is 28.6. The van der Waals surface area contributed by atoms with Crippen LogP contribution in [0.25, 0.3) is 0 Å². The Morgan fingerprint density at radius 1 is 1.20 bits per heavy atom. The van der Waals surface area contributed by atoms with Crippen LogP contribution in [0.1, 0.15) is 54.9 Å². The standard InChI is InChI=1S/C16H34O3Si/c1-10-13-14(19-16(6,7)18-13)12(2)11-17-20(8,9)15(3,4)5/h12-14H,10-11H2,1-9H3/t12-,13+,14-/m0/s1. The Bertz CT molecular complexity index is 320. The molecule has 0 unspecified atom stereocenters. The van der Waals surface area contributed by atoms with Crippen molar-refractivity contribution >= 4 is 8.32 Å². The van der Waals surface area contributed by atoms with Crippen LogP contribution in [0.15, 0.2) is 0 Å². The smallest absolute Gasteiger partial charge is 0.191 e. The van der Waals surface area contributed by atoms with Crippen molar-refractivity contribution in [3.63, 3.8) is 0 Å². The van der Waals surface area contributed by atoms with Gasteiger partial charge in [0.05, 0.1) is 12.2 Å². The van der Waals surface area contributed by atoms with Crippen LogP contribution in [0.3, 0.4) is 0 Å². The van der Waals surface area contributed by atoms with Crippen LogP contribution >= 0.6 is 0 Å². The molecule has 4 heteroatoms. The summed E-state index contributed by atoms with van der Waals surface area (Å²) in [5.41, 5.74) is 0. The summed E-state index contributed by atoms with van der Waals surface area (Å²) in [6.45, 7) is 20.5. The molecule has 1 fully saturated rings. The summed E-state index contributed by atoms with van der Waals surface area (Å²) in [4.78, 5) is 0. The van der Waals surface area contributed by atoms with E-state index >= 15 is 0 Å². The first-order valence-corrected chi connectivity index (χ1v) is 10.8. The zero-order valence-corrected chi connectivity index (χ0v) is 15.9. The lowest BCUT2D eigenvalue weighted by Gasteiger charge is -2.37. The van der Waals surface area contributed by atoms with Crippen molar-refractivity contribution in [2.24, 2.45) is 5.92 Å². The lowest BCUT2D eigenvalue weighted by Crippen LogP contribution is -2.43. The van der Waals surface area contributed by atoms with Gasteiger partial charge in [-0.05, 0) is 38.4 Å². The Morgan fingerprint density at radius 2 is 1.75 bits per heavy atom. The van der Waals surface area contributed by atoms with E-state index in [0.29, 0.717) is 5.92 Å². The maximum atomic E-state index is 6.33. The highest BCUT2D eigenvalue weighted by molar-refractivity contribution is 6.74. The highest BCUT2D eigenvalue weighted by Crippen LogP contribution is 2.38. The van der Waals surface area contributed by atoms with Gasteiger partial charge in [0.25, 0.3) is 0 Å².